The monoisotopic (exact) mass is 350 g/mol. The molecule has 3 rings (SSSR count). The van der Waals surface area contributed by atoms with Crippen LogP contribution in [0.2, 0.25) is 0 Å². The second-order valence-corrected chi connectivity index (χ2v) is 7.97. The molecule has 26 heavy (non-hydrogen) atoms. The molecule has 142 valence electrons. The lowest BCUT2D eigenvalue weighted by Crippen LogP contribution is -2.13. The molecule has 1 aromatic carbocycles. The minimum Gasteiger partial charge on any atom is -0.103 e. The molecule has 0 nitrogen and oxygen atoms in total. The molecule has 0 heteroatoms. The van der Waals surface area contributed by atoms with Crippen molar-refractivity contribution in [3.8, 4) is 0 Å². The summed E-state index contributed by atoms with van der Waals surface area (Å²) in [7, 11) is 0. The largest absolute Gasteiger partial charge is 0.103 e. The van der Waals surface area contributed by atoms with Crippen LogP contribution < -0.4 is 0 Å². The first-order valence-electron chi connectivity index (χ1n) is 10.4. The summed E-state index contributed by atoms with van der Waals surface area (Å²) < 4.78 is 0. The Morgan fingerprint density at radius 2 is 1.73 bits per heavy atom. The van der Waals surface area contributed by atoms with Gasteiger partial charge in [0.05, 0.1) is 0 Å². The van der Waals surface area contributed by atoms with E-state index in [0.717, 1.165) is 11.8 Å². The Morgan fingerprint density at radius 3 is 2.31 bits per heavy atom. The smallest absolute Gasteiger partial charge is 0.0162 e. The molecule has 0 aromatic heterocycles. The van der Waals surface area contributed by atoms with Gasteiger partial charge in [-0.1, -0.05) is 68.8 Å². The molecule has 0 saturated heterocycles. The first-order chi connectivity index (χ1) is 12.3. The molecule has 0 radical (unpaired) electrons. The molecule has 0 unspecified atom stereocenters. The third kappa shape index (κ3) is 5.47. The fourth-order valence-corrected chi connectivity index (χ4v) is 4.56. The van der Waals surface area contributed by atoms with Crippen LogP contribution in [0.5, 0.6) is 0 Å². The summed E-state index contributed by atoms with van der Waals surface area (Å²) in [6.07, 6.45) is 19.8. The van der Waals surface area contributed by atoms with Crippen LogP contribution in [0, 0.1) is 5.92 Å². The molecule has 2 aliphatic rings. The number of hydrogen-bond donors (Lipinski definition) is 0. The summed E-state index contributed by atoms with van der Waals surface area (Å²) in [6, 6.07) is 9.53. The fraction of sp³-hybridized carbons (Fsp3) is 0.538. The van der Waals surface area contributed by atoms with Crippen molar-refractivity contribution >= 4 is 5.57 Å². The van der Waals surface area contributed by atoms with Gasteiger partial charge in [0.25, 0.3) is 0 Å². The summed E-state index contributed by atoms with van der Waals surface area (Å²) in [6.45, 7) is 6.13. The highest BCUT2D eigenvalue weighted by Crippen LogP contribution is 2.38. The fourth-order valence-electron chi connectivity index (χ4n) is 4.56. The molecule has 1 fully saturated rings. The van der Waals surface area contributed by atoms with E-state index < -0.39 is 0 Å². The van der Waals surface area contributed by atoms with Crippen LogP contribution in [0.3, 0.4) is 0 Å². The van der Waals surface area contributed by atoms with Gasteiger partial charge in [-0.15, -0.1) is 6.58 Å². The van der Waals surface area contributed by atoms with Gasteiger partial charge >= 0.3 is 0 Å². The van der Waals surface area contributed by atoms with E-state index in [1.54, 1.807) is 11.1 Å². The van der Waals surface area contributed by atoms with Crippen LogP contribution in [0.25, 0.3) is 5.57 Å². The van der Waals surface area contributed by atoms with Gasteiger partial charge in [-0.3, -0.25) is 0 Å². The number of allylic oxidation sites excluding steroid dienone is 5. The Hall–Kier alpha value is -1.56. The van der Waals surface area contributed by atoms with Gasteiger partial charge in [0, 0.05) is 0 Å². The van der Waals surface area contributed by atoms with Gasteiger partial charge < -0.3 is 0 Å². The van der Waals surface area contributed by atoms with Gasteiger partial charge in [-0.25, -0.2) is 0 Å². The predicted molar refractivity (Wildman–Crippen MR) is 118 cm³/mol. The lowest BCUT2D eigenvalue weighted by molar-refractivity contribution is 0.312. The molecule has 0 atom stereocenters. The van der Waals surface area contributed by atoms with Crippen LogP contribution in [0.1, 0.15) is 95.6 Å². The van der Waals surface area contributed by atoms with Crippen LogP contribution in [-0.2, 0) is 0 Å². The van der Waals surface area contributed by atoms with Crippen LogP contribution >= 0.6 is 0 Å². The van der Waals surface area contributed by atoms with Crippen molar-refractivity contribution in [1.29, 1.82) is 0 Å². The Balaban J connectivity index is 0.00000243. The molecular formula is C26H38. The second-order valence-electron chi connectivity index (χ2n) is 7.97. The Kier molecular flexibility index (Phi) is 8.42. The maximum atomic E-state index is 3.86. The van der Waals surface area contributed by atoms with Gasteiger partial charge in [0.1, 0.15) is 0 Å². The van der Waals surface area contributed by atoms with Crippen molar-refractivity contribution in [2.24, 2.45) is 5.92 Å². The maximum absolute atomic E-state index is 3.86. The minimum absolute atomic E-state index is 0. The van der Waals surface area contributed by atoms with E-state index in [9.17, 15) is 0 Å². The summed E-state index contributed by atoms with van der Waals surface area (Å²) in [4.78, 5) is 0. The zero-order chi connectivity index (χ0) is 17.5. The van der Waals surface area contributed by atoms with Crippen molar-refractivity contribution in [1.82, 2.24) is 0 Å². The predicted octanol–water partition coefficient (Wildman–Crippen LogP) is 8.47. The Morgan fingerprint density at radius 1 is 1.00 bits per heavy atom. The quantitative estimate of drug-likeness (QED) is 0.432. The second kappa shape index (κ2) is 10.6. The van der Waals surface area contributed by atoms with E-state index in [0.29, 0.717) is 0 Å². The average molecular weight is 351 g/mol. The molecule has 0 bridgehead atoms. The van der Waals surface area contributed by atoms with E-state index >= 15 is 0 Å². The van der Waals surface area contributed by atoms with Gasteiger partial charge in [0.2, 0.25) is 0 Å². The molecule has 0 N–H and O–H groups in total. The summed E-state index contributed by atoms with van der Waals surface area (Å²) in [5, 5.41) is 0. The van der Waals surface area contributed by atoms with E-state index in [-0.39, 0.29) is 7.43 Å². The summed E-state index contributed by atoms with van der Waals surface area (Å²) in [5.41, 5.74) is 6.12. The van der Waals surface area contributed by atoms with Crippen LogP contribution in [0.15, 0.2) is 54.6 Å². The van der Waals surface area contributed by atoms with Crippen LogP contribution in [0.4, 0.5) is 0 Å². The van der Waals surface area contributed by atoms with Crippen molar-refractivity contribution < 1.29 is 0 Å². The van der Waals surface area contributed by atoms with Crippen molar-refractivity contribution in [3.05, 3.63) is 65.8 Å². The molecule has 1 aromatic rings. The van der Waals surface area contributed by atoms with E-state index in [1.165, 1.54) is 75.3 Å². The summed E-state index contributed by atoms with van der Waals surface area (Å²) in [5.74, 6) is 1.72. The van der Waals surface area contributed by atoms with Crippen LogP contribution in [-0.4, -0.2) is 0 Å². The van der Waals surface area contributed by atoms with E-state index in [4.69, 9.17) is 0 Å². The number of benzene rings is 1. The zero-order valence-corrected chi connectivity index (χ0v) is 16.0. The number of hydrogen-bond acceptors (Lipinski definition) is 0. The first-order valence-corrected chi connectivity index (χ1v) is 10.4. The number of rotatable bonds is 7. The highest BCUT2D eigenvalue weighted by molar-refractivity contribution is 5.69. The maximum Gasteiger partial charge on any atom is -0.0162 e. The molecule has 2 aliphatic carbocycles. The van der Waals surface area contributed by atoms with E-state index in [2.05, 4.69) is 56.0 Å². The van der Waals surface area contributed by atoms with Gasteiger partial charge in [0.15, 0.2) is 0 Å². The normalized spacial score (nSPS) is 22.8. The Labute approximate surface area is 162 Å². The highest BCUT2D eigenvalue weighted by Gasteiger charge is 2.22. The van der Waals surface area contributed by atoms with Crippen molar-refractivity contribution in [3.63, 3.8) is 0 Å². The Bertz CT molecular complexity index is 606. The van der Waals surface area contributed by atoms with E-state index in [1.807, 2.05) is 0 Å². The molecule has 0 spiro atoms. The topological polar surface area (TPSA) is 0 Å². The lowest BCUT2D eigenvalue weighted by Gasteiger charge is -2.28. The van der Waals surface area contributed by atoms with Gasteiger partial charge in [-0.2, -0.15) is 0 Å². The first kappa shape index (κ1) is 20.7. The summed E-state index contributed by atoms with van der Waals surface area (Å²) >= 11 is 0. The third-order valence-corrected chi connectivity index (χ3v) is 6.19. The minimum atomic E-state index is 0. The van der Waals surface area contributed by atoms with Gasteiger partial charge in [-0.05, 0) is 86.3 Å². The molecular weight excluding hydrogens is 312 g/mol. The molecule has 0 aliphatic heterocycles. The van der Waals surface area contributed by atoms with Crippen molar-refractivity contribution in [2.45, 2.75) is 84.5 Å². The standard InChI is InChI=1S/C25H34.CH4/c1-3-5-7-21-10-14-23(15-11-21)25-18-16-24(17-19-25)22-12-8-20(6-4-2)9-13-22;/h3,8,12,16-19,21,23H,1,4-7,9-11,13-15H2,2H3;1H4. The molecule has 0 amide bonds. The zero-order valence-electron chi connectivity index (χ0n) is 16.0. The highest BCUT2D eigenvalue weighted by atomic mass is 14.3. The lowest BCUT2D eigenvalue weighted by atomic mass is 9.77. The molecule has 1 saturated carbocycles. The SMILES string of the molecule is C.C=CCCC1CCC(c2ccc(C3=CC=C(CCC)CC3)cc2)CC1. The third-order valence-electron chi connectivity index (χ3n) is 6.19. The molecule has 0 heterocycles. The average Bonchev–Trinajstić information content (AvgIpc) is 2.68. The van der Waals surface area contributed by atoms with Crippen molar-refractivity contribution in [2.75, 3.05) is 0 Å².